The van der Waals surface area contributed by atoms with E-state index in [1.165, 1.54) is 0 Å². The van der Waals surface area contributed by atoms with Crippen molar-refractivity contribution in [2.75, 3.05) is 21.3 Å². The Morgan fingerprint density at radius 3 is 2.08 bits per heavy atom. The van der Waals surface area contributed by atoms with Gasteiger partial charge in [-0.25, -0.2) is 0 Å². The largest absolute Gasteiger partial charge is 0.537 e. The molecule has 0 amide bonds. The molecule has 0 spiro atoms. The molecule has 13 heavy (non-hydrogen) atoms. The maximum absolute atomic E-state index is 5.29. The van der Waals surface area contributed by atoms with E-state index in [0.29, 0.717) is 0 Å². The Kier molecular flexibility index (Phi) is 3.62. The lowest BCUT2D eigenvalue weighted by atomic mass is 10.4. The number of rotatable bonds is 4. The van der Waals surface area contributed by atoms with Crippen molar-refractivity contribution >= 4 is 14.0 Å². The smallest absolute Gasteiger partial charge is 0.373 e. The molecule has 71 valence electrons. The van der Waals surface area contributed by atoms with Crippen LogP contribution in [0.4, 0.5) is 0 Å². The Hall–Kier alpha value is -0.683. The summed E-state index contributed by atoms with van der Waals surface area (Å²) < 4.78 is 15.9. The summed E-state index contributed by atoms with van der Waals surface area (Å²) in [4.78, 5) is 0. The van der Waals surface area contributed by atoms with Crippen molar-refractivity contribution in [1.82, 2.24) is 0 Å². The SMILES string of the molecule is CO[Si](OC)(OC)c1[c]cccc1. The fourth-order valence-corrected chi connectivity index (χ4v) is 2.88. The van der Waals surface area contributed by atoms with Gasteiger partial charge in [0.15, 0.2) is 0 Å². The lowest BCUT2D eigenvalue weighted by Crippen LogP contribution is -2.54. The average Bonchev–Trinajstić information content (AvgIpc) is 2.23. The second kappa shape index (κ2) is 4.52. The van der Waals surface area contributed by atoms with Gasteiger partial charge in [0.25, 0.3) is 0 Å². The van der Waals surface area contributed by atoms with E-state index in [0.717, 1.165) is 5.19 Å². The predicted molar refractivity (Wildman–Crippen MR) is 51.7 cm³/mol. The zero-order valence-corrected chi connectivity index (χ0v) is 9.03. The Labute approximate surface area is 79.6 Å². The van der Waals surface area contributed by atoms with Crippen molar-refractivity contribution in [2.45, 2.75) is 0 Å². The van der Waals surface area contributed by atoms with Gasteiger partial charge in [-0.05, 0) is 6.07 Å². The molecule has 1 aromatic carbocycles. The number of benzene rings is 1. The molecule has 1 aromatic rings. The van der Waals surface area contributed by atoms with Crippen LogP contribution in [0, 0.1) is 6.07 Å². The first kappa shape index (κ1) is 10.4. The Balaban J connectivity index is 3.01. The monoisotopic (exact) mass is 197 g/mol. The van der Waals surface area contributed by atoms with Crippen molar-refractivity contribution in [1.29, 1.82) is 0 Å². The third-order valence-electron chi connectivity index (χ3n) is 1.85. The van der Waals surface area contributed by atoms with E-state index in [9.17, 15) is 0 Å². The van der Waals surface area contributed by atoms with E-state index >= 15 is 0 Å². The summed E-state index contributed by atoms with van der Waals surface area (Å²) in [5.41, 5.74) is 0. The maximum atomic E-state index is 5.29. The van der Waals surface area contributed by atoms with E-state index in [-0.39, 0.29) is 0 Å². The van der Waals surface area contributed by atoms with Crippen LogP contribution in [0.1, 0.15) is 0 Å². The Morgan fingerprint density at radius 2 is 1.69 bits per heavy atom. The summed E-state index contributed by atoms with van der Waals surface area (Å²) in [6.45, 7) is 0. The van der Waals surface area contributed by atoms with Gasteiger partial charge in [0.2, 0.25) is 0 Å². The van der Waals surface area contributed by atoms with Crippen LogP contribution in [0.25, 0.3) is 0 Å². The van der Waals surface area contributed by atoms with Crippen LogP contribution in [0.2, 0.25) is 0 Å². The molecule has 0 N–H and O–H groups in total. The van der Waals surface area contributed by atoms with Crippen LogP contribution in [-0.2, 0) is 13.3 Å². The highest BCUT2D eigenvalue weighted by molar-refractivity contribution is 6.75. The molecular formula is C9H13O3Si. The van der Waals surface area contributed by atoms with Gasteiger partial charge in [0, 0.05) is 26.5 Å². The molecule has 0 aliphatic carbocycles. The highest BCUT2D eigenvalue weighted by Crippen LogP contribution is 2.05. The zero-order chi connectivity index (χ0) is 9.73. The Morgan fingerprint density at radius 1 is 1.08 bits per heavy atom. The second-order valence-corrected chi connectivity index (χ2v) is 5.32. The molecule has 0 aromatic heterocycles. The third-order valence-corrected chi connectivity index (χ3v) is 4.43. The van der Waals surface area contributed by atoms with Crippen LogP contribution in [0.3, 0.4) is 0 Å². The summed E-state index contributed by atoms with van der Waals surface area (Å²) in [7, 11) is 2.10. The molecule has 0 atom stereocenters. The van der Waals surface area contributed by atoms with Gasteiger partial charge in [-0.2, -0.15) is 0 Å². The third kappa shape index (κ3) is 1.97. The van der Waals surface area contributed by atoms with Crippen LogP contribution in [-0.4, -0.2) is 30.1 Å². The van der Waals surface area contributed by atoms with E-state index in [1.807, 2.05) is 24.3 Å². The first-order chi connectivity index (χ1) is 6.29. The average molecular weight is 197 g/mol. The number of hydrogen-bond acceptors (Lipinski definition) is 3. The van der Waals surface area contributed by atoms with E-state index in [4.69, 9.17) is 13.3 Å². The van der Waals surface area contributed by atoms with Crippen LogP contribution in [0.5, 0.6) is 0 Å². The molecule has 3 nitrogen and oxygen atoms in total. The van der Waals surface area contributed by atoms with Crippen LogP contribution in [0.15, 0.2) is 24.3 Å². The Bertz CT molecular complexity index is 238. The molecule has 0 heterocycles. The van der Waals surface area contributed by atoms with Gasteiger partial charge in [-0.3, -0.25) is 0 Å². The van der Waals surface area contributed by atoms with E-state index in [1.54, 1.807) is 21.3 Å². The second-order valence-electron chi connectivity index (χ2n) is 2.44. The minimum absolute atomic E-state index is 0.850. The molecular weight excluding hydrogens is 184 g/mol. The molecule has 0 unspecified atom stereocenters. The molecule has 0 fully saturated rings. The van der Waals surface area contributed by atoms with Gasteiger partial charge in [0.05, 0.1) is 0 Å². The maximum Gasteiger partial charge on any atom is 0.537 e. The first-order valence-corrected chi connectivity index (χ1v) is 5.64. The standard InChI is InChI=1S/C9H13O3Si/c1-10-13(11-2,12-3)9-7-5-4-6-8-9/h4-7H,1-3H3. The van der Waals surface area contributed by atoms with Gasteiger partial charge in [-0.1, -0.05) is 24.3 Å². The zero-order valence-electron chi connectivity index (χ0n) is 8.03. The van der Waals surface area contributed by atoms with Crippen molar-refractivity contribution in [3.63, 3.8) is 0 Å². The van der Waals surface area contributed by atoms with Crippen LogP contribution >= 0.6 is 0 Å². The molecule has 1 rings (SSSR count). The predicted octanol–water partition coefficient (Wildman–Crippen LogP) is 0.572. The van der Waals surface area contributed by atoms with Crippen molar-refractivity contribution in [2.24, 2.45) is 0 Å². The summed E-state index contributed by atoms with van der Waals surface area (Å²) in [5.74, 6) is 0. The van der Waals surface area contributed by atoms with Gasteiger partial charge in [-0.15, -0.1) is 0 Å². The summed E-state index contributed by atoms with van der Waals surface area (Å²) >= 11 is 0. The van der Waals surface area contributed by atoms with Gasteiger partial charge >= 0.3 is 8.80 Å². The van der Waals surface area contributed by atoms with Gasteiger partial charge in [0.1, 0.15) is 0 Å². The number of hydrogen-bond donors (Lipinski definition) is 0. The first-order valence-electron chi connectivity index (χ1n) is 3.91. The van der Waals surface area contributed by atoms with Crippen molar-refractivity contribution in [3.8, 4) is 0 Å². The molecule has 0 aliphatic heterocycles. The molecule has 0 bridgehead atoms. The van der Waals surface area contributed by atoms with Crippen molar-refractivity contribution < 1.29 is 13.3 Å². The summed E-state index contributed by atoms with van der Waals surface area (Å²) in [6.07, 6.45) is 0. The lowest BCUT2D eigenvalue weighted by Gasteiger charge is -2.23. The summed E-state index contributed by atoms with van der Waals surface area (Å²) in [5, 5.41) is 0.850. The molecule has 1 radical (unpaired) electrons. The normalized spacial score (nSPS) is 11.6. The fourth-order valence-electron chi connectivity index (χ4n) is 1.16. The molecule has 4 heteroatoms. The minimum Gasteiger partial charge on any atom is -0.373 e. The highest BCUT2D eigenvalue weighted by atomic mass is 28.4. The topological polar surface area (TPSA) is 27.7 Å². The molecule has 0 saturated heterocycles. The van der Waals surface area contributed by atoms with Gasteiger partial charge < -0.3 is 13.3 Å². The minimum atomic E-state index is -2.65. The van der Waals surface area contributed by atoms with E-state index in [2.05, 4.69) is 6.07 Å². The lowest BCUT2D eigenvalue weighted by molar-refractivity contribution is 0.140. The molecule has 0 aliphatic rings. The van der Waals surface area contributed by atoms with Crippen LogP contribution < -0.4 is 5.19 Å². The highest BCUT2D eigenvalue weighted by Gasteiger charge is 2.40. The van der Waals surface area contributed by atoms with E-state index < -0.39 is 8.80 Å². The summed E-state index contributed by atoms with van der Waals surface area (Å²) in [6, 6.07) is 10.6. The quantitative estimate of drug-likeness (QED) is 0.661. The fraction of sp³-hybridized carbons (Fsp3) is 0.333. The van der Waals surface area contributed by atoms with Crippen molar-refractivity contribution in [3.05, 3.63) is 30.3 Å². The molecule has 0 saturated carbocycles.